The van der Waals surface area contributed by atoms with Gasteiger partial charge in [-0.05, 0) is 40.5 Å². The van der Waals surface area contributed by atoms with Gasteiger partial charge in [-0.1, -0.05) is 70.4 Å². The highest BCUT2D eigenvalue weighted by atomic mass is 79.9. The maximum Gasteiger partial charge on any atom is 0.254 e. The molecule has 3 aromatic rings. The molecule has 2 atom stereocenters. The summed E-state index contributed by atoms with van der Waals surface area (Å²) in [5.74, 6) is 1.23. The second-order valence-electron chi connectivity index (χ2n) is 8.67. The summed E-state index contributed by atoms with van der Waals surface area (Å²) >= 11 is 3.44. The third kappa shape index (κ3) is 2.97. The lowest BCUT2D eigenvalue weighted by Crippen LogP contribution is -2.41. The molecule has 0 spiro atoms. The van der Waals surface area contributed by atoms with E-state index in [1.54, 1.807) is 6.07 Å². The maximum atomic E-state index is 13.6. The van der Waals surface area contributed by atoms with E-state index in [-0.39, 0.29) is 30.3 Å². The lowest BCUT2D eigenvalue weighted by atomic mass is 9.55. The summed E-state index contributed by atoms with van der Waals surface area (Å²) in [7, 11) is 0. The Kier molecular flexibility index (Phi) is 4.89. The monoisotopic (exact) mass is 510 g/mol. The van der Waals surface area contributed by atoms with Gasteiger partial charge in [0.05, 0.1) is 18.1 Å². The summed E-state index contributed by atoms with van der Waals surface area (Å²) in [6.07, 6.45) is 6.81. The quantitative estimate of drug-likeness (QED) is 0.290. The molecular weight excluding hydrogens is 492 g/mol. The van der Waals surface area contributed by atoms with Crippen LogP contribution in [0.15, 0.2) is 76.3 Å². The summed E-state index contributed by atoms with van der Waals surface area (Å²) in [5, 5.41) is 5.42. The molecule has 2 unspecified atom stereocenters. The van der Waals surface area contributed by atoms with E-state index < -0.39 is 11.8 Å². The minimum atomic E-state index is -0.459. The van der Waals surface area contributed by atoms with E-state index in [0.29, 0.717) is 11.3 Å². The van der Waals surface area contributed by atoms with Gasteiger partial charge in [-0.3, -0.25) is 9.59 Å². The van der Waals surface area contributed by atoms with Gasteiger partial charge in [0.2, 0.25) is 0 Å². The number of nitrogens with zero attached hydrogens (tertiary/aromatic N) is 2. The van der Waals surface area contributed by atoms with Gasteiger partial charge in [-0.25, -0.2) is 0 Å². The zero-order valence-corrected chi connectivity index (χ0v) is 19.6. The van der Waals surface area contributed by atoms with Crippen molar-refractivity contribution in [3.8, 4) is 18.1 Å². The third-order valence-electron chi connectivity index (χ3n) is 7.02. The van der Waals surface area contributed by atoms with Crippen molar-refractivity contribution in [3.05, 3.63) is 99.0 Å². The molecule has 1 aliphatic heterocycles. The van der Waals surface area contributed by atoms with Crippen molar-refractivity contribution < 1.29 is 14.3 Å². The zero-order chi connectivity index (χ0) is 23.4. The van der Waals surface area contributed by atoms with E-state index in [9.17, 15) is 9.59 Å². The molecule has 6 heteroatoms. The van der Waals surface area contributed by atoms with E-state index in [1.165, 1.54) is 6.21 Å². The van der Waals surface area contributed by atoms with Crippen LogP contribution in [0.4, 0.5) is 0 Å². The molecule has 4 aliphatic rings. The predicted octanol–water partition coefficient (Wildman–Crippen LogP) is 4.69. The number of amides is 2. The second kappa shape index (κ2) is 7.96. The van der Waals surface area contributed by atoms with Crippen molar-refractivity contribution in [2.75, 3.05) is 6.61 Å². The number of halogens is 1. The summed E-state index contributed by atoms with van der Waals surface area (Å²) in [6, 6.07) is 21.7. The van der Waals surface area contributed by atoms with Crippen LogP contribution in [0.2, 0.25) is 0 Å². The molecule has 166 valence electrons. The van der Waals surface area contributed by atoms with Crippen LogP contribution in [0.3, 0.4) is 0 Å². The van der Waals surface area contributed by atoms with Gasteiger partial charge in [0, 0.05) is 21.9 Å². The Labute approximate surface area is 205 Å². The minimum absolute atomic E-state index is 0.105. The summed E-state index contributed by atoms with van der Waals surface area (Å²) in [4.78, 5) is 27.3. The molecule has 0 radical (unpaired) electrons. The lowest BCUT2D eigenvalue weighted by molar-refractivity contribution is -0.139. The molecule has 0 N–H and O–H groups in total. The number of terminal acetylenes is 1. The number of hydrogen-bond donors (Lipinski definition) is 0. The third-order valence-corrected chi connectivity index (χ3v) is 7.51. The molecule has 2 amide bonds. The second-order valence-corrected chi connectivity index (χ2v) is 9.59. The van der Waals surface area contributed by atoms with Crippen LogP contribution >= 0.6 is 15.9 Å². The Morgan fingerprint density at radius 2 is 1.44 bits per heavy atom. The van der Waals surface area contributed by atoms with Crippen molar-refractivity contribution in [3.63, 3.8) is 0 Å². The van der Waals surface area contributed by atoms with Crippen LogP contribution in [0.5, 0.6) is 5.75 Å². The average molecular weight is 511 g/mol. The number of carbonyl (C=O) groups excluding carboxylic acids is 2. The molecule has 2 bridgehead atoms. The first-order valence-electron chi connectivity index (χ1n) is 11.1. The van der Waals surface area contributed by atoms with Gasteiger partial charge in [0.1, 0.15) is 12.4 Å². The first kappa shape index (κ1) is 20.9. The SMILES string of the molecule is C#CCOc1ccc(Br)cc1/C=N/N1C(=O)C2C3c4ccccc4C(c4ccccc43)C2C1=O. The van der Waals surface area contributed by atoms with Gasteiger partial charge < -0.3 is 4.74 Å². The fourth-order valence-corrected chi connectivity index (χ4v) is 6.15. The highest BCUT2D eigenvalue weighted by Crippen LogP contribution is 2.60. The van der Waals surface area contributed by atoms with Crippen LogP contribution in [0.1, 0.15) is 39.7 Å². The van der Waals surface area contributed by atoms with Gasteiger partial charge in [0.15, 0.2) is 0 Å². The first-order valence-corrected chi connectivity index (χ1v) is 11.8. The van der Waals surface area contributed by atoms with Gasteiger partial charge in [-0.2, -0.15) is 10.1 Å². The summed E-state index contributed by atoms with van der Waals surface area (Å²) in [6.45, 7) is 0.105. The number of imide groups is 1. The molecule has 1 fully saturated rings. The van der Waals surface area contributed by atoms with Crippen molar-refractivity contribution in [2.45, 2.75) is 11.8 Å². The summed E-state index contributed by atoms with van der Waals surface area (Å²) in [5.41, 5.74) is 5.16. The predicted molar refractivity (Wildman–Crippen MR) is 131 cm³/mol. The van der Waals surface area contributed by atoms with Crippen molar-refractivity contribution in [1.82, 2.24) is 5.01 Å². The summed E-state index contributed by atoms with van der Waals surface area (Å²) < 4.78 is 6.42. The van der Waals surface area contributed by atoms with Crippen molar-refractivity contribution in [1.29, 1.82) is 0 Å². The number of hydrazone groups is 1. The number of hydrogen-bond acceptors (Lipinski definition) is 4. The Hall–Kier alpha value is -3.69. The molecular formula is C28H19BrN2O3. The van der Waals surface area contributed by atoms with Crippen LogP contribution in [0, 0.1) is 24.2 Å². The van der Waals surface area contributed by atoms with Crippen LogP contribution in [-0.4, -0.2) is 29.6 Å². The zero-order valence-electron chi connectivity index (χ0n) is 18.0. The minimum Gasteiger partial charge on any atom is -0.480 e. The molecule has 3 aliphatic carbocycles. The smallest absolute Gasteiger partial charge is 0.254 e. The maximum absolute atomic E-state index is 13.6. The highest BCUT2D eigenvalue weighted by molar-refractivity contribution is 9.10. The first-order chi connectivity index (χ1) is 16.6. The largest absolute Gasteiger partial charge is 0.480 e. The van der Waals surface area contributed by atoms with Gasteiger partial charge in [0.25, 0.3) is 11.8 Å². The van der Waals surface area contributed by atoms with Crippen LogP contribution in [-0.2, 0) is 9.59 Å². The molecule has 1 heterocycles. The topological polar surface area (TPSA) is 59.0 Å². The number of benzene rings is 3. The van der Waals surface area contributed by atoms with E-state index >= 15 is 0 Å². The Bertz CT molecular complexity index is 1310. The molecule has 0 saturated carbocycles. The molecule has 3 aromatic carbocycles. The normalized spacial score (nSPS) is 24.1. The average Bonchev–Trinajstić information content (AvgIpc) is 3.12. The molecule has 0 aromatic heterocycles. The van der Waals surface area contributed by atoms with E-state index in [2.05, 4.69) is 51.2 Å². The van der Waals surface area contributed by atoms with E-state index in [0.717, 1.165) is 31.7 Å². The molecule has 5 nitrogen and oxygen atoms in total. The van der Waals surface area contributed by atoms with E-state index in [1.807, 2.05) is 36.4 Å². The number of ether oxygens (including phenoxy) is 1. The fourth-order valence-electron chi connectivity index (χ4n) is 5.77. The van der Waals surface area contributed by atoms with Crippen molar-refractivity contribution >= 4 is 34.0 Å². The Morgan fingerprint density at radius 3 is 1.94 bits per heavy atom. The standard InChI is InChI=1S/C28H19BrN2O3/c1-2-13-34-22-12-11-17(29)14-16(22)15-30-31-27(32)25-23-18-7-3-4-8-19(18)24(26(25)28(31)33)21-10-6-5-9-20(21)23/h1,3-12,14-15,23-26H,13H2/b30-15+. The molecule has 34 heavy (non-hydrogen) atoms. The number of carbonyl (C=O) groups is 2. The lowest BCUT2D eigenvalue weighted by Gasteiger charge is -2.45. The highest BCUT2D eigenvalue weighted by Gasteiger charge is 2.61. The number of rotatable bonds is 4. The Balaban J connectivity index is 1.40. The van der Waals surface area contributed by atoms with E-state index in [4.69, 9.17) is 11.2 Å². The van der Waals surface area contributed by atoms with Gasteiger partial charge >= 0.3 is 0 Å². The Morgan fingerprint density at radius 1 is 0.912 bits per heavy atom. The van der Waals surface area contributed by atoms with Gasteiger partial charge in [-0.15, -0.1) is 6.42 Å². The van der Waals surface area contributed by atoms with Crippen LogP contribution < -0.4 is 4.74 Å². The van der Waals surface area contributed by atoms with Crippen LogP contribution in [0.25, 0.3) is 0 Å². The molecule has 1 saturated heterocycles. The molecule has 7 rings (SSSR count). The fraction of sp³-hybridized carbons (Fsp3) is 0.179. The van der Waals surface area contributed by atoms with Crippen molar-refractivity contribution in [2.24, 2.45) is 16.9 Å².